The molecule has 0 unspecified atom stereocenters. The number of fused-ring (bicyclic) bond motifs is 1. The van der Waals surface area contributed by atoms with Crippen LogP contribution in [0, 0.1) is 0 Å². The van der Waals surface area contributed by atoms with Crippen molar-refractivity contribution in [3.63, 3.8) is 0 Å². The molecule has 0 radical (unpaired) electrons. The normalized spacial score (nSPS) is 22.8. The predicted octanol–water partition coefficient (Wildman–Crippen LogP) is 1.65. The highest BCUT2D eigenvalue weighted by atomic mass is 32.2. The Bertz CT molecular complexity index is 698. The van der Waals surface area contributed by atoms with E-state index in [4.69, 9.17) is 9.84 Å². The van der Waals surface area contributed by atoms with E-state index in [2.05, 4.69) is 21.8 Å². The first-order valence-corrected chi connectivity index (χ1v) is 12.9. The molecule has 3 heterocycles. The first kappa shape index (κ1) is 22.1. The monoisotopic (exact) mass is 435 g/mol. The van der Waals surface area contributed by atoms with Crippen molar-refractivity contribution in [2.45, 2.75) is 51.6 Å². The minimum absolute atomic E-state index is 0.148. The summed E-state index contributed by atoms with van der Waals surface area (Å²) >= 11 is 1.94. The summed E-state index contributed by atoms with van der Waals surface area (Å²) in [6.45, 7) is 10.8. The third-order valence-electron chi connectivity index (χ3n) is 6.47. The van der Waals surface area contributed by atoms with E-state index in [-0.39, 0.29) is 5.91 Å². The largest absolute Gasteiger partial charge is 0.379 e. The van der Waals surface area contributed by atoms with Gasteiger partial charge in [0.25, 0.3) is 5.91 Å². The Kier molecular flexibility index (Phi) is 8.09. The number of aryl methyl sites for hydroxylation is 1. The summed E-state index contributed by atoms with van der Waals surface area (Å²) in [5.41, 5.74) is 3.24. The molecule has 168 valence electrons. The number of morpholine rings is 1. The number of carbonyl (C=O) groups excluding carboxylic acids is 1. The van der Waals surface area contributed by atoms with Crippen molar-refractivity contribution in [3.8, 4) is 0 Å². The second-order valence-corrected chi connectivity index (χ2v) is 9.83. The van der Waals surface area contributed by atoms with Gasteiger partial charge in [0.05, 0.1) is 13.2 Å². The molecular weight excluding hydrogens is 398 g/mol. The fraction of sp³-hybridized carbons (Fsp3) is 0.818. The average Bonchev–Trinajstić information content (AvgIpc) is 3.15. The number of rotatable bonds is 8. The van der Waals surface area contributed by atoms with Crippen molar-refractivity contribution < 1.29 is 9.53 Å². The molecule has 0 bridgehead atoms. The third kappa shape index (κ3) is 5.39. The molecular formula is C22H37N5O2S. The highest BCUT2D eigenvalue weighted by Gasteiger charge is 2.31. The first-order valence-electron chi connectivity index (χ1n) is 11.7. The van der Waals surface area contributed by atoms with Gasteiger partial charge in [-0.15, -0.1) is 0 Å². The maximum atomic E-state index is 13.2. The molecule has 8 heteroatoms. The molecule has 2 saturated heterocycles. The van der Waals surface area contributed by atoms with Gasteiger partial charge in [-0.3, -0.25) is 14.4 Å². The number of amides is 1. The number of aromatic nitrogens is 2. The average molecular weight is 436 g/mol. The van der Waals surface area contributed by atoms with Crippen LogP contribution in [0.3, 0.4) is 0 Å². The number of nitrogens with zero attached hydrogens (tertiary/aromatic N) is 4. The maximum absolute atomic E-state index is 13.2. The molecule has 1 N–H and O–H groups in total. The fourth-order valence-corrected chi connectivity index (χ4v) is 5.68. The van der Waals surface area contributed by atoms with Crippen molar-refractivity contribution in [1.82, 2.24) is 24.9 Å². The zero-order valence-corrected chi connectivity index (χ0v) is 19.2. The molecule has 1 aromatic heterocycles. The van der Waals surface area contributed by atoms with Gasteiger partial charge in [-0.1, -0.05) is 6.92 Å². The summed E-state index contributed by atoms with van der Waals surface area (Å²) in [5.74, 6) is 2.22. The molecule has 30 heavy (non-hydrogen) atoms. The van der Waals surface area contributed by atoms with E-state index < -0.39 is 0 Å². The summed E-state index contributed by atoms with van der Waals surface area (Å²) in [7, 11) is 0. The number of hydrogen-bond acceptors (Lipinski definition) is 6. The number of hydrogen-bond donors (Lipinski definition) is 1. The molecule has 2 aliphatic heterocycles. The van der Waals surface area contributed by atoms with Crippen LogP contribution in [0.1, 0.15) is 47.9 Å². The van der Waals surface area contributed by atoms with Crippen molar-refractivity contribution in [2.75, 3.05) is 64.0 Å². The van der Waals surface area contributed by atoms with Gasteiger partial charge in [0, 0.05) is 61.5 Å². The van der Waals surface area contributed by atoms with Crippen LogP contribution in [-0.2, 0) is 24.1 Å². The molecule has 0 spiro atoms. The number of carbonyl (C=O) groups is 1. The summed E-state index contributed by atoms with van der Waals surface area (Å²) in [5, 5.41) is 8.59. The summed E-state index contributed by atoms with van der Waals surface area (Å²) in [6.07, 6.45) is 5.29. The fourth-order valence-electron chi connectivity index (χ4n) is 4.78. The number of ether oxygens (including phenoxy) is 1. The van der Waals surface area contributed by atoms with E-state index in [9.17, 15) is 4.79 Å². The van der Waals surface area contributed by atoms with Crippen LogP contribution < -0.4 is 5.32 Å². The predicted molar refractivity (Wildman–Crippen MR) is 121 cm³/mol. The van der Waals surface area contributed by atoms with Crippen LogP contribution in [0.15, 0.2) is 0 Å². The van der Waals surface area contributed by atoms with Crippen LogP contribution in [-0.4, -0.2) is 95.5 Å². The smallest absolute Gasteiger partial charge is 0.274 e. The standard InChI is InChI=1S/C22H37N5O2S/c1-2-7-27-20-5-4-18(23-6-3-8-25-9-13-29-14-10-25)17-19(20)21(24-27)22(28)26-11-15-30-16-12-26/h18,23H,2-17H2,1H3/t18-/m0/s1. The van der Waals surface area contributed by atoms with Crippen LogP contribution in [0.2, 0.25) is 0 Å². The van der Waals surface area contributed by atoms with E-state index in [1.807, 2.05) is 16.7 Å². The lowest BCUT2D eigenvalue weighted by atomic mass is 9.91. The van der Waals surface area contributed by atoms with Crippen LogP contribution in [0.25, 0.3) is 0 Å². The van der Waals surface area contributed by atoms with Crippen LogP contribution >= 0.6 is 11.8 Å². The second-order valence-electron chi connectivity index (χ2n) is 8.60. The van der Waals surface area contributed by atoms with Crippen molar-refractivity contribution in [3.05, 3.63) is 17.0 Å². The molecule has 1 atom stereocenters. The Morgan fingerprint density at radius 1 is 1.20 bits per heavy atom. The first-order chi connectivity index (χ1) is 14.8. The number of thioether (sulfide) groups is 1. The zero-order valence-electron chi connectivity index (χ0n) is 18.4. The van der Waals surface area contributed by atoms with E-state index in [0.29, 0.717) is 6.04 Å². The summed E-state index contributed by atoms with van der Waals surface area (Å²) in [4.78, 5) is 17.7. The Morgan fingerprint density at radius 3 is 2.77 bits per heavy atom. The van der Waals surface area contributed by atoms with Gasteiger partial charge in [0.2, 0.25) is 0 Å². The van der Waals surface area contributed by atoms with Gasteiger partial charge in [0.1, 0.15) is 0 Å². The Balaban J connectivity index is 1.36. The topological polar surface area (TPSA) is 62.6 Å². The Labute approximate surface area is 184 Å². The lowest BCUT2D eigenvalue weighted by Crippen LogP contribution is -2.40. The molecule has 4 rings (SSSR count). The SMILES string of the molecule is CCCn1nc(C(=O)N2CCSCC2)c2c1CC[C@H](NCCCN1CCOCC1)C2. The molecule has 1 amide bonds. The molecule has 0 aromatic carbocycles. The lowest BCUT2D eigenvalue weighted by Gasteiger charge is -2.28. The lowest BCUT2D eigenvalue weighted by molar-refractivity contribution is 0.0373. The highest BCUT2D eigenvalue weighted by molar-refractivity contribution is 7.99. The highest BCUT2D eigenvalue weighted by Crippen LogP contribution is 2.27. The van der Waals surface area contributed by atoms with Gasteiger partial charge in [-0.25, -0.2) is 0 Å². The molecule has 3 aliphatic rings. The van der Waals surface area contributed by atoms with E-state index in [1.165, 1.54) is 11.3 Å². The zero-order chi connectivity index (χ0) is 20.8. The molecule has 0 saturated carbocycles. The van der Waals surface area contributed by atoms with Crippen molar-refractivity contribution >= 4 is 17.7 Å². The van der Waals surface area contributed by atoms with Crippen molar-refractivity contribution in [2.24, 2.45) is 0 Å². The van der Waals surface area contributed by atoms with E-state index in [1.54, 1.807) is 0 Å². The van der Waals surface area contributed by atoms with Crippen LogP contribution in [0.5, 0.6) is 0 Å². The molecule has 1 aliphatic carbocycles. The van der Waals surface area contributed by atoms with Gasteiger partial charge >= 0.3 is 0 Å². The van der Waals surface area contributed by atoms with Gasteiger partial charge < -0.3 is 15.0 Å². The minimum Gasteiger partial charge on any atom is -0.379 e. The van der Waals surface area contributed by atoms with E-state index in [0.717, 1.165) is 108 Å². The minimum atomic E-state index is 0.148. The van der Waals surface area contributed by atoms with Crippen LogP contribution in [0.4, 0.5) is 0 Å². The Morgan fingerprint density at radius 2 is 2.00 bits per heavy atom. The van der Waals surface area contributed by atoms with E-state index >= 15 is 0 Å². The molecule has 7 nitrogen and oxygen atoms in total. The van der Waals surface area contributed by atoms with Gasteiger partial charge in [-0.05, 0) is 45.2 Å². The second kappa shape index (κ2) is 11.0. The van der Waals surface area contributed by atoms with Gasteiger partial charge in [0.15, 0.2) is 5.69 Å². The summed E-state index contributed by atoms with van der Waals surface area (Å²) < 4.78 is 7.55. The third-order valence-corrected chi connectivity index (χ3v) is 7.41. The molecule has 2 fully saturated rings. The van der Waals surface area contributed by atoms with Gasteiger partial charge in [-0.2, -0.15) is 16.9 Å². The van der Waals surface area contributed by atoms with Crippen molar-refractivity contribution in [1.29, 1.82) is 0 Å². The quantitative estimate of drug-likeness (QED) is 0.627. The molecule has 1 aromatic rings. The summed E-state index contributed by atoms with van der Waals surface area (Å²) in [6, 6.07) is 0.449. The Hall–Kier alpha value is -1.09. The maximum Gasteiger partial charge on any atom is 0.274 e. The number of nitrogens with one attached hydrogen (secondary N) is 1.